The van der Waals surface area contributed by atoms with Crippen molar-refractivity contribution in [3.63, 3.8) is 0 Å². The molecule has 2 fully saturated rings. The molecule has 0 spiro atoms. The van der Waals surface area contributed by atoms with Crippen LogP contribution in [-0.4, -0.2) is 72.2 Å². The zero-order valence-corrected chi connectivity index (χ0v) is 23.3. The minimum atomic E-state index is -1.29. The molecule has 0 radical (unpaired) electrons. The highest BCUT2D eigenvalue weighted by molar-refractivity contribution is 6.14. The van der Waals surface area contributed by atoms with E-state index in [-0.39, 0.29) is 48.4 Å². The quantitative estimate of drug-likeness (QED) is 0.205. The summed E-state index contributed by atoms with van der Waals surface area (Å²) in [5.41, 5.74) is -1.51. The smallest absolute Gasteiger partial charge is 0.340 e. The van der Waals surface area contributed by atoms with Gasteiger partial charge in [0.2, 0.25) is 5.78 Å². The maximum atomic E-state index is 13.9. The van der Waals surface area contributed by atoms with Crippen molar-refractivity contribution in [3.05, 3.63) is 34.3 Å². The molecule has 1 saturated heterocycles. The van der Waals surface area contributed by atoms with Gasteiger partial charge in [0.05, 0.1) is 17.6 Å². The van der Waals surface area contributed by atoms with Crippen LogP contribution in [0.5, 0.6) is 0 Å². The molecule has 11 nitrogen and oxygen atoms in total. The number of carbonyl (C=O) groups is 5. The first-order valence-electron chi connectivity index (χ1n) is 13.7. The molecule has 0 aromatic rings. The second-order valence-electron chi connectivity index (χ2n) is 11.4. The van der Waals surface area contributed by atoms with Crippen LogP contribution in [0.25, 0.3) is 0 Å². The summed E-state index contributed by atoms with van der Waals surface area (Å²) in [6.07, 6.45) is 2.25. The van der Waals surface area contributed by atoms with Gasteiger partial charge in [-0.25, -0.2) is 4.79 Å². The number of ketones is 2. The molecule has 0 amide bonds. The van der Waals surface area contributed by atoms with Crippen molar-refractivity contribution >= 4 is 29.5 Å². The van der Waals surface area contributed by atoms with Gasteiger partial charge >= 0.3 is 17.9 Å². The summed E-state index contributed by atoms with van der Waals surface area (Å²) in [7, 11) is 1.44. The van der Waals surface area contributed by atoms with E-state index in [1.54, 1.807) is 13.8 Å². The average molecular weight is 560 g/mol. The van der Waals surface area contributed by atoms with Crippen molar-refractivity contribution in [2.45, 2.75) is 77.9 Å². The van der Waals surface area contributed by atoms with Crippen molar-refractivity contribution in [1.82, 2.24) is 5.32 Å². The summed E-state index contributed by atoms with van der Waals surface area (Å²) in [6, 6.07) is 0. The number of methoxy groups -OCH3 is 1. The van der Waals surface area contributed by atoms with E-state index in [9.17, 15) is 29.1 Å². The number of esters is 2. The highest BCUT2D eigenvalue weighted by atomic mass is 16.6. The summed E-state index contributed by atoms with van der Waals surface area (Å²) in [5.74, 6) is -3.99. The van der Waals surface area contributed by atoms with Gasteiger partial charge in [0.25, 0.3) is 0 Å². The predicted octanol–water partition coefficient (Wildman–Crippen LogP) is 2.70. The number of allylic oxidation sites excluding steroid dienone is 1. The first kappa shape index (κ1) is 29.5. The number of carboxylic acid groups (broad SMARTS) is 1. The third kappa shape index (κ3) is 4.84. The van der Waals surface area contributed by atoms with Crippen LogP contribution in [0.2, 0.25) is 0 Å². The van der Waals surface area contributed by atoms with Crippen LogP contribution in [-0.2, 0) is 38.2 Å². The first-order chi connectivity index (χ1) is 18.9. The lowest BCUT2D eigenvalue weighted by Crippen LogP contribution is -2.57. The summed E-state index contributed by atoms with van der Waals surface area (Å²) in [4.78, 5) is 63.1. The number of hydrogen-bond acceptors (Lipinski definition) is 10. The van der Waals surface area contributed by atoms with Crippen LogP contribution in [0.4, 0.5) is 0 Å². The Balaban J connectivity index is 1.79. The minimum Gasteiger partial charge on any atom is -0.504 e. The van der Waals surface area contributed by atoms with Gasteiger partial charge in [0.15, 0.2) is 5.76 Å². The van der Waals surface area contributed by atoms with Crippen molar-refractivity contribution < 1.29 is 48.4 Å². The number of ether oxygens (including phenoxy) is 3. The number of unbranched alkanes of at least 4 members (excludes halogenated alkanes) is 2. The van der Waals surface area contributed by atoms with Gasteiger partial charge in [-0.05, 0) is 31.8 Å². The molecule has 0 bridgehead atoms. The normalized spacial score (nSPS) is 32.5. The fraction of sp³-hybridized carbons (Fsp3) is 0.621. The van der Waals surface area contributed by atoms with E-state index >= 15 is 0 Å². The van der Waals surface area contributed by atoms with Crippen LogP contribution in [0.1, 0.15) is 65.7 Å². The topological polar surface area (TPSA) is 166 Å². The number of carbonyl (C=O) groups excluding carboxylic acids is 4. The van der Waals surface area contributed by atoms with Gasteiger partial charge in [-0.3, -0.25) is 19.2 Å². The largest absolute Gasteiger partial charge is 0.504 e. The van der Waals surface area contributed by atoms with Crippen LogP contribution in [0, 0.1) is 16.7 Å². The Kier molecular flexibility index (Phi) is 8.26. The number of cyclic esters (lactones) is 1. The molecule has 5 atom stereocenters. The van der Waals surface area contributed by atoms with E-state index < -0.39 is 58.4 Å². The molecule has 1 saturated carbocycles. The lowest BCUT2D eigenvalue weighted by Gasteiger charge is -2.53. The van der Waals surface area contributed by atoms with Crippen LogP contribution < -0.4 is 5.32 Å². The molecule has 4 aliphatic rings. The summed E-state index contributed by atoms with van der Waals surface area (Å²) < 4.78 is 17.0. The number of carboxylic acids is 1. The summed E-state index contributed by atoms with van der Waals surface area (Å²) in [5, 5.41) is 23.3. The molecule has 3 N–H and O–H groups in total. The van der Waals surface area contributed by atoms with E-state index in [0.29, 0.717) is 37.8 Å². The van der Waals surface area contributed by atoms with Crippen molar-refractivity contribution in [3.8, 4) is 0 Å². The van der Waals surface area contributed by atoms with Crippen LogP contribution in [0.3, 0.4) is 0 Å². The second kappa shape index (κ2) is 11.2. The molecule has 1 aliphatic heterocycles. The Morgan fingerprint density at radius 1 is 1.18 bits per heavy atom. The van der Waals surface area contributed by atoms with Crippen molar-refractivity contribution in [2.24, 2.45) is 16.7 Å². The number of rotatable bonds is 10. The van der Waals surface area contributed by atoms with Gasteiger partial charge in [-0.2, -0.15) is 0 Å². The van der Waals surface area contributed by atoms with E-state index in [0.717, 1.165) is 0 Å². The zero-order chi connectivity index (χ0) is 29.4. The van der Waals surface area contributed by atoms with Gasteiger partial charge in [0, 0.05) is 68.5 Å². The van der Waals surface area contributed by atoms with Crippen molar-refractivity contribution in [1.29, 1.82) is 0 Å². The lowest BCUT2D eigenvalue weighted by molar-refractivity contribution is -0.160. The fourth-order valence-corrected chi connectivity index (χ4v) is 6.95. The number of aliphatic carboxylic acids is 1. The molecule has 3 aliphatic carbocycles. The highest BCUT2D eigenvalue weighted by Crippen LogP contribution is 2.62. The number of hydrogen-bond donors (Lipinski definition) is 3. The summed E-state index contributed by atoms with van der Waals surface area (Å²) in [6.45, 7) is 5.14. The van der Waals surface area contributed by atoms with Gasteiger partial charge in [0.1, 0.15) is 18.0 Å². The standard InChI is InChI=1S/C29H37NO10/c1-15(31)39-18-12-28(2)17(9-10-19(28)32)22-24(18)29(3)20(14-38-4)40-27(37)16(23(29)26(36)25(22)35)13-30-11-7-5-6-8-21(33)34/h13,17-18,20,30,36H,5-12,14H2,1-4H3,(H,33,34)/b16-13-/t17-,18+,20+,28-,29-/m0/s1. The molecule has 0 aromatic heterocycles. The van der Waals surface area contributed by atoms with E-state index in [2.05, 4.69) is 5.32 Å². The molecular weight excluding hydrogens is 522 g/mol. The monoisotopic (exact) mass is 559 g/mol. The first-order valence-corrected chi connectivity index (χ1v) is 13.7. The summed E-state index contributed by atoms with van der Waals surface area (Å²) >= 11 is 0. The molecule has 4 rings (SSSR count). The lowest BCUT2D eigenvalue weighted by atomic mass is 9.53. The number of fused-ring (bicyclic) bond motifs is 4. The Morgan fingerprint density at radius 2 is 1.90 bits per heavy atom. The highest BCUT2D eigenvalue weighted by Gasteiger charge is 2.64. The van der Waals surface area contributed by atoms with Gasteiger partial charge in [-0.1, -0.05) is 13.3 Å². The Bertz CT molecular complexity index is 1230. The van der Waals surface area contributed by atoms with E-state index in [4.69, 9.17) is 19.3 Å². The number of Topliss-reactive ketones (excluding diaryl/α,β-unsaturated/α-hetero) is 2. The minimum absolute atomic E-state index is 0.0231. The maximum absolute atomic E-state index is 13.9. The molecule has 0 unspecified atom stereocenters. The zero-order valence-electron chi connectivity index (χ0n) is 23.3. The average Bonchev–Trinajstić information content (AvgIpc) is 3.17. The van der Waals surface area contributed by atoms with E-state index in [1.807, 2.05) is 0 Å². The molecular formula is C29H37NO10. The van der Waals surface area contributed by atoms with Crippen LogP contribution >= 0.6 is 0 Å². The Morgan fingerprint density at radius 3 is 2.55 bits per heavy atom. The Hall–Kier alpha value is -3.47. The van der Waals surface area contributed by atoms with Crippen LogP contribution in [0.15, 0.2) is 34.3 Å². The fourth-order valence-electron chi connectivity index (χ4n) is 6.95. The second-order valence-corrected chi connectivity index (χ2v) is 11.4. The molecule has 1 heterocycles. The van der Waals surface area contributed by atoms with Gasteiger partial charge < -0.3 is 29.7 Å². The maximum Gasteiger partial charge on any atom is 0.340 e. The molecule has 218 valence electrons. The molecule has 11 heteroatoms. The Labute approximate surface area is 232 Å². The predicted molar refractivity (Wildman–Crippen MR) is 140 cm³/mol. The molecule has 0 aromatic carbocycles. The van der Waals surface area contributed by atoms with E-state index in [1.165, 1.54) is 20.2 Å². The van der Waals surface area contributed by atoms with Gasteiger partial charge in [-0.15, -0.1) is 0 Å². The number of nitrogens with one attached hydrogen (secondary N) is 1. The SMILES string of the molecule is COC[C@H]1OC(=O)/C(=C\NCCCCCC(=O)O)C2=C(O)C(=O)C3=C([C@H](OC(C)=O)C[C@]4(C)C(=O)CC[C@@H]34)[C@]21C. The third-order valence-corrected chi connectivity index (χ3v) is 8.88. The number of aliphatic hydroxyl groups excluding tert-OH is 1. The number of aliphatic hydroxyl groups is 1. The molecule has 40 heavy (non-hydrogen) atoms. The third-order valence-electron chi connectivity index (χ3n) is 8.88. The van der Waals surface area contributed by atoms with Crippen molar-refractivity contribution in [2.75, 3.05) is 20.3 Å².